The Morgan fingerprint density at radius 3 is 2.58 bits per heavy atom. The van der Waals surface area contributed by atoms with Gasteiger partial charge in [0.25, 0.3) is 0 Å². The maximum absolute atomic E-state index is 12.9. The lowest BCUT2D eigenvalue weighted by atomic mass is 10.2. The molecule has 26 heavy (non-hydrogen) atoms. The van der Waals surface area contributed by atoms with Gasteiger partial charge in [-0.25, -0.2) is 8.42 Å². The molecule has 0 unspecified atom stereocenters. The SMILES string of the molecule is CN(Cc1ccccc1)S(=O)(=O)c1ccc2c(c1)CCN2C(=O)C1CC1. The molecule has 2 aliphatic rings. The molecule has 1 fully saturated rings. The van der Waals surface area contributed by atoms with Gasteiger partial charge in [-0.1, -0.05) is 30.3 Å². The van der Waals surface area contributed by atoms with E-state index in [1.165, 1.54) is 4.31 Å². The normalized spacial score (nSPS) is 16.8. The summed E-state index contributed by atoms with van der Waals surface area (Å²) >= 11 is 0. The summed E-state index contributed by atoms with van der Waals surface area (Å²) in [7, 11) is -1.97. The van der Waals surface area contributed by atoms with Crippen molar-refractivity contribution in [3.63, 3.8) is 0 Å². The summed E-state index contributed by atoms with van der Waals surface area (Å²) in [4.78, 5) is 14.5. The van der Waals surface area contributed by atoms with Crippen molar-refractivity contribution in [2.24, 2.45) is 5.92 Å². The summed E-state index contributed by atoms with van der Waals surface area (Å²) in [5.74, 6) is 0.349. The van der Waals surface area contributed by atoms with Gasteiger partial charge in [0.2, 0.25) is 15.9 Å². The van der Waals surface area contributed by atoms with E-state index < -0.39 is 10.0 Å². The Kier molecular flexibility index (Phi) is 4.32. The van der Waals surface area contributed by atoms with Gasteiger partial charge in [0.05, 0.1) is 4.90 Å². The van der Waals surface area contributed by atoms with Crippen LogP contribution in [0.1, 0.15) is 24.0 Å². The van der Waals surface area contributed by atoms with Crippen molar-refractivity contribution >= 4 is 21.6 Å². The van der Waals surface area contributed by atoms with Crippen molar-refractivity contribution in [2.45, 2.75) is 30.7 Å². The van der Waals surface area contributed by atoms with Crippen LogP contribution >= 0.6 is 0 Å². The van der Waals surface area contributed by atoms with Crippen molar-refractivity contribution in [3.8, 4) is 0 Å². The lowest BCUT2D eigenvalue weighted by molar-refractivity contribution is -0.119. The quantitative estimate of drug-likeness (QED) is 0.813. The van der Waals surface area contributed by atoms with Crippen LogP contribution in [0.25, 0.3) is 0 Å². The van der Waals surface area contributed by atoms with Gasteiger partial charge in [0, 0.05) is 31.7 Å². The smallest absolute Gasteiger partial charge is 0.243 e. The van der Waals surface area contributed by atoms with Crippen LogP contribution in [0.15, 0.2) is 53.4 Å². The van der Waals surface area contributed by atoms with Crippen molar-refractivity contribution < 1.29 is 13.2 Å². The number of nitrogens with zero attached hydrogens (tertiary/aromatic N) is 2. The van der Waals surface area contributed by atoms with Gasteiger partial charge in [-0.3, -0.25) is 4.79 Å². The molecule has 1 aliphatic heterocycles. The first-order valence-electron chi connectivity index (χ1n) is 8.91. The van der Waals surface area contributed by atoms with E-state index in [-0.39, 0.29) is 16.7 Å². The van der Waals surface area contributed by atoms with Gasteiger partial charge in [0.15, 0.2) is 0 Å². The van der Waals surface area contributed by atoms with Crippen LogP contribution in [-0.2, 0) is 27.8 Å². The molecule has 5 nitrogen and oxygen atoms in total. The van der Waals surface area contributed by atoms with E-state index in [0.717, 1.165) is 29.7 Å². The monoisotopic (exact) mass is 370 g/mol. The highest BCUT2D eigenvalue weighted by atomic mass is 32.2. The van der Waals surface area contributed by atoms with Gasteiger partial charge in [-0.05, 0) is 48.6 Å². The Labute approximate surface area is 154 Å². The second-order valence-corrected chi connectivity index (χ2v) is 9.10. The molecule has 2 aromatic rings. The number of hydrogen-bond acceptors (Lipinski definition) is 3. The van der Waals surface area contributed by atoms with Crippen LogP contribution in [0.3, 0.4) is 0 Å². The molecule has 0 radical (unpaired) electrons. The third-order valence-electron chi connectivity index (χ3n) is 5.10. The molecule has 6 heteroatoms. The fourth-order valence-electron chi connectivity index (χ4n) is 3.42. The van der Waals surface area contributed by atoms with Crippen LogP contribution in [0.2, 0.25) is 0 Å². The van der Waals surface area contributed by atoms with E-state index in [2.05, 4.69) is 0 Å². The molecule has 1 amide bonds. The van der Waals surface area contributed by atoms with Crippen molar-refractivity contribution in [3.05, 3.63) is 59.7 Å². The van der Waals surface area contributed by atoms with E-state index in [4.69, 9.17) is 0 Å². The minimum atomic E-state index is -3.57. The van der Waals surface area contributed by atoms with Gasteiger partial charge < -0.3 is 4.90 Å². The largest absolute Gasteiger partial charge is 0.312 e. The van der Waals surface area contributed by atoms with Gasteiger partial charge in [-0.2, -0.15) is 4.31 Å². The zero-order valence-corrected chi connectivity index (χ0v) is 15.6. The molecule has 0 spiro atoms. The average Bonchev–Trinajstić information content (AvgIpc) is 3.41. The fourth-order valence-corrected chi connectivity index (χ4v) is 4.63. The number of fused-ring (bicyclic) bond motifs is 1. The summed E-state index contributed by atoms with van der Waals surface area (Å²) < 4.78 is 27.2. The summed E-state index contributed by atoms with van der Waals surface area (Å²) in [5.41, 5.74) is 2.75. The highest BCUT2D eigenvalue weighted by Crippen LogP contribution is 2.37. The lowest BCUT2D eigenvalue weighted by Gasteiger charge is -2.19. The molecule has 0 N–H and O–H groups in total. The molecule has 1 heterocycles. The summed E-state index contributed by atoms with van der Waals surface area (Å²) in [5, 5.41) is 0. The topological polar surface area (TPSA) is 57.7 Å². The average molecular weight is 370 g/mol. The van der Waals surface area contributed by atoms with Crippen molar-refractivity contribution in [1.29, 1.82) is 0 Å². The highest BCUT2D eigenvalue weighted by molar-refractivity contribution is 7.89. The number of amides is 1. The van der Waals surface area contributed by atoms with Crippen LogP contribution in [0.4, 0.5) is 5.69 Å². The summed E-state index contributed by atoms with van der Waals surface area (Å²) in [6.07, 6.45) is 2.66. The molecule has 2 aromatic carbocycles. The molecule has 0 aromatic heterocycles. The predicted molar refractivity (Wildman–Crippen MR) is 100 cm³/mol. The zero-order chi connectivity index (χ0) is 18.3. The van der Waals surface area contributed by atoms with E-state index in [9.17, 15) is 13.2 Å². The minimum absolute atomic E-state index is 0.168. The molecule has 136 valence electrons. The molecular formula is C20H22N2O3S. The minimum Gasteiger partial charge on any atom is -0.312 e. The fraction of sp³-hybridized carbons (Fsp3) is 0.350. The first kappa shape index (κ1) is 17.2. The summed E-state index contributed by atoms with van der Waals surface area (Å²) in [6.45, 7) is 0.973. The first-order valence-corrected chi connectivity index (χ1v) is 10.4. The standard InChI is InChI=1S/C20H22N2O3S/c1-21(14-15-5-3-2-4-6-15)26(24,25)18-9-10-19-17(13-18)11-12-22(19)20(23)16-7-8-16/h2-6,9-10,13,16H,7-8,11-12,14H2,1H3. The predicted octanol–water partition coefficient (Wildman–Crippen LogP) is 2.81. The molecule has 0 atom stereocenters. The molecule has 1 aliphatic carbocycles. The van der Waals surface area contributed by atoms with Gasteiger partial charge in [0.1, 0.15) is 0 Å². The number of anilines is 1. The van der Waals surface area contributed by atoms with Crippen LogP contribution in [-0.4, -0.2) is 32.2 Å². The first-order chi connectivity index (χ1) is 12.5. The Bertz CT molecular complexity index is 937. The van der Waals surface area contributed by atoms with E-state index in [0.29, 0.717) is 19.5 Å². The number of hydrogen-bond donors (Lipinski definition) is 0. The number of carbonyl (C=O) groups excluding carboxylic acids is 1. The second-order valence-electron chi connectivity index (χ2n) is 7.05. The maximum atomic E-state index is 12.9. The number of sulfonamides is 1. The van der Waals surface area contributed by atoms with Crippen LogP contribution in [0.5, 0.6) is 0 Å². The van der Waals surface area contributed by atoms with E-state index >= 15 is 0 Å². The number of carbonyl (C=O) groups is 1. The number of benzene rings is 2. The molecule has 0 bridgehead atoms. The lowest BCUT2D eigenvalue weighted by Crippen LogP contribution is -2.30. The van der Waals surface area contributed by atoms with Gasteiger partial charge >= 0.3 is 0 Å². The zero-order valence-electron chi connectivity index (χ0n) is 14.8. The molecular weight excluding hydrogens is 348 g/mol. The van der Waals surface area contributed by atoms with Crippen LogP contribution < -0.4 is 4.90 Å². The molecule has 4 rings (SSSR count). The Morgan fingerprint density at radius 1 is 1.15 bits per heavy atom. The number of rotatable bonds is 5. The Morgan fingerprint density at radius 2 is 1.88 bits per heavy atom. The second kappa shape index (κ2) is 6.52. The van der Waals surface area contributed by atoms with Crippen LogP contribution in [0, 0.1) is 5.92 Å². The van der Waals surface area contributed by atoms with Crippen molar-refractivity contribution in [2.75, 3.05) is 18.5 Å². The molecule has 1 saturated carbocycles. The van der Waals surface area contributed by atoms with E-state index in [1.807, 2.05) is 35.2 Å². The van der Waals surface area contributed by atoms with E-state index in [1.54, 1.807) is 25.2 Å². The molecule has 0 saturated heterocycles. The van der Waals surface area contributed by atoms with Crippen molar-refractivity contribution in [1.82, 2.24) is 4.31 Å². The highest BCUT2D eigenvalue weighted by Gasteiger charge is 2.37. The van der Waals surface area contributed by atoms with Gasteiger partial charge in [-0.15, -0.1) is 0 Å². The summed E-state index contributed by atoms with van der Waals surface area (Å²) in [6, 6.07) is 14.7. The Balaban J connectivity index is 1.57. The third-order valence-corrected chi connectivity index (χ3v) is 6.89. The maximum Gasteiger partial charge on any atom is 0.243 e. The third kappa shape index (κ3) is 3.15. The Hall–Kier alpha value is -2.18.